The van der Waals surface area contributed by atoms with Crippen LogP contribution in [0.1, 0.15) is 30.9 Å². The quantitative estimate of drug-likeness (QED) is 0.730. The number of aromatic nitrogens is 1. The first-order valence-corrected chi connectivity index (χ1v) is 9.08. The number of hydrogen-bond acceptors (Lipinski definition) is 4. The molecule has 2 aromatic heterocycles. The molecule has 3 heterocycles. The van der Waals surface area contributed by atoms with Crippen LogP contribution in [0.3, 0.4) is 0 Å². The summed E-state index contributed by atoms with van der Waals surface area (Å²) >= 11 is 1.66. The summed E-state index contributed by atoms with van der Waals surface area (Å²) in [6.45, 7) is 1.14. The first kappa shape index (κ1) is 15.2. The standard InChI is InChI=1S/C18H18N2O3S/c21-17(19-9-3-5-14(19)13-8-11-24-12-13)7-10-20-15-4-1-2-6-16(15)23-18(20)22/h1-2,4,6,8,11-12,14H,3,5,7,9-10H2/t14-/m0/s1. The number of para-hydroxylation sites is 2. The fourth-order valence-corrected chi connectivity index (χ4v) is 4.16. The number of hydrogen-bond donors (Lipinski definition) is 0. The van der Waals surface area contributed by atoms with Gasteiger partial charge in [-0.3, -0.25) is 9.36 Å². The maximum absolute atomic E-state index is 12.7. The number of carbonyl (C=O) groups excluding carboxylic acids is 1. The van der Waals surface area contributed by atoms with E-state index in [-0.39, 0.29) is 11.9 Å². The zero-order valence-corrected chi connectivity index (χ0v) is 14.0. The van der Waals surface area contributed by atoms with Crippen LogP contribution in [0.25, 0.3) is 11.1 Å². The highest BCUT2D eigenvalue weighted by Crippen LogP contribution is 2.33. The molecule has 1 atom stereocenters. The summed E-state index contributed by atoms with van der Waals surface area (Å²) < 4.78 is 6.77. The molecule has 0 saturated carbocycles. The molecule has 0 aliphatic carbocycles. The molecule has 0 spiro atoms. The van der Waals surface area contributed by atoms with E-state index in [4.69, 9.17) is 4.42 Å². The molecule has 0 radical (unpaired) electrons. The normalized spacial score (nSPS) is 17.7. The summed E-state index contributed by atoms with van der Waals surface area (Å²) in [4.78, 5) is 26.6. The number of likely N-dealkylation sites (tertiary alicyclic amines) is 1. The molecule has 0 bridgehead atoms. The first-order valence-electron chi connectivity index (χ1n) is 8.14. The highest BCUT2D eigenvalue weighted by molar-refractivity contribution is 7.07. The predicted molar refractivity (Wildman–Crippen MR) is 93.1 cm³/mol. The Morgan fingerprint density at radius 2 is 2.17 bits per heavy atom. The van der Waals surface area contributed by atoms with E-state index in [1.54, 1.807) is 22.0 Å². The van der Waals surface area contributed by atoms with Crippen molar-refractivity contribution in [3.8, 4) is 0 Å². The van der Waals surface area contributed by atoms with Gasteiger partial charge < -0.3 is 9.32 Å². The maximum atomic E-state index is 12.7. The Hall–Kier alpha value is -2.34. The molecule has 24 heavy (non-hydrogen) atoms. The third-order valence-corrected chi connectivity index (χ3v) is 5.33. The minimum Gasteiger partial charge on any atom is -0.408 e. The predicted octanol–water partition coefficient (Wildman–Crippen LogP) is 3.41. The summed E-state index contributed by atoms with van der Waals surface area (Å²) in [7, 11) is 0. The molecule has 1 aromatic carbocycles. The fraction of sp³-hybridized carbons (Fsp3) is 0.333. The Morgan fingerprint density at radius 1 is 1.29 bits per heavy atom. The second kappa shape index (κ2) is 6.28. The average molecular weight is 342 g/mol. The van der Waals surface area contributed by atoms with Gasteiger partial charge in [0.1, 0.15) is 0 Å². The van der Waals surface area contributed by atoms with Gasteiger partial charge in [-0.25, -0.2) is 4.79 Å². The van der Waals surface area contributed by atoms with Crippen LogP contribution in [-0.4, -0.2) is 21.9 Å². The SMILES string of the molecule is O=C(CCn1c(=O)oc2ccccc21)N1CCC[C@H]1c1ccsc1. The van der Waals surface area contributed by atoms with Crippen molar-refractivity contribution in [2.45, 2.75) is 31.8 Å². The number of rotatable bonds is 4. The number of thiophene rings is 1. The number of aryl methyl sites for hydroxylation is 1. The summed E-state index contributed by atoms with van der Waals surface area (Å²) in [5.74, 6) is -0.305. The van der Waals surface area contributed by atoms with Crippen LogP contribution in [0.4, 0.5) is 0 Å². The van der Waals surface area contributed by atoms with Gasteiger partial charge in [0.25, 0.3) is 0 Å². The number of carbonyl (C=O) groups is 1. The molecule has 4 rings (SSSR count). The lowest BCUT2D eigenvalue weighted by Gasteiger charge is -2.24. The van der Waals surface area contributed by atoms with Crippen molar-refractivity contribution in [1.29, 1.82) is 0 Å². The Labute approximate surface area is 143 Å². The van der Waals surface area contributed by atoms with Gasteiger partial charge in [-0.1, -0.05) is 12.1 Å². The first-order chi connectivity index (χ1) is 11.7. The minimum atomic E-state index is -0.403. The van der Waals surface area contributed by atoms with E-state index in [0.29, 0.717) is 18.5 Å². The molecular weight excluding hydrogens is 324 g/mol. The molecule has 0 unspecified atom stereocenters. The average Bonchev–Trinajstić information content (AvgIpc) is 3.31. The van der Waals surface area contributed by atoms with Gasteiger partial charge in [0.15, 0.2) is 5.58 Å². The second-order valence-corrected chi connectivity index (χ2v) is 6.82. The van der Waals surface area contributed by atoms with Crippen molar-refractivity contribution in [2.75, 3.05) is 6.54 Å². The molecule has 6 heteroatoms. The summed E-state index contributed by atoms with van der Waals surface area (Å²) in [6.07, 6.45) is 2.35. The van der Waals surface area contributed by atoms with Gasteiger partial charge in [-0.2, -0.15) is 11.3 Å². The molecule has 0 N–H and O–H groups in total. The molecule has 1 aliphatic rings. The third kappa shape index (κ3) is 2.67. The Kier molecular flexibility index (Phi) is 3.98. The van der Waals surface area contributed by atoms with E-state index in [1.165, 1.54) is 5.56 Å². The summed E-state index contributed by atoms with van der Waals surface area (Å²) in [5.41, 5.74) is 2.52. The van der Waals surface area contributed by atoms with E-state index < -0.39 is 5.76 Å². The van der Waals surface area contributed by atoms with Crippen LogP contribution >= 0.6 is 11.3 Å². The molecule has 5 nitrogen and oxygen atoms in total. The maximum Gasteiger partial charge on any atom is 0.419 e. The lowest BCUT2D eigenvalue weighted by Crippen LogP contribution is -2.31. The smallest absolute Gasteiger partial charge is 0.408 e. The van der Waals surface area contributed by atoms with Crippen molar-refractivity contribution in [3.63, 3.8) is 0 Å². The van der Waals surface area contributed by atoms with Crippen molar-refractivity contribution in [3.05, 3.63) is 57.2 Å². The molecule has 1 amide bonds. The van der Waals surface area contributed by atoms with Crippen LogP contribution in [0.2, 0.25) is 0 Å². The molecule has 124 valence electrons. The van der Waals surface area contributed by atoms with Gasteiger partial charge in [0.2, 0.25) is 5.91 Å². The van der Waals surface area contributed by atoms with Crippen molar-refractivity contribution in [2.24, 2.45) is 0 Å². The molecular formula is C18H18N2O3S. The van der Waals surface area contributed by atoms with Gasteiger partial charge in [-0.15, -0.1) is 0 Å². The molecule has 1 aliphatic heterocycles. The zero-order valence-electron chi connectivity index (χ0n) is 13.2. The minimum absolute atomic E-state index is 0.0980. The Morgan fingerprint density at radius 3 is 3.00 bits per heavy atom. The monoisotopic (exact) mass is 342 g/mol. The van der Waals surface area contributed by atoms with Gasteiger partial charge in [0.05, 0.1) is 11.6 Å². The second-order valence-electron chi connectivity index (χ2n) is 6.04. The fourth-order valence-electron chi connectivity index (χ4n) is 3.45. The van der Waals surface area contributed by atoms with E-state index in [1.807, 2.05) is 28.5 Å². The number of amides is 1. The number of nitrogens with zero attached hydrogens (tertiary/aromatic N) is 2. The molecule has 1 saturated heterocycles. The van der Waals surface area contributed by atoms with Crippen LogP contribution in [0.15, 0.2) is 50.3 Å². The zero-order chi connectivity index (χ0) is 16.5. The van der Waals surface area contributed by atoms with Crippen LogP contribution in [0, 0.1) is 0 Å². The van der Waals surface area contributed by atoms with Gasteiger partial charge in [0, 0.05) is 19.5 Å². The van der Waals surface area contributed by atoms with Crippen LogP contribution in [0.5, 0.6) is 0 Å². The van der Waals surface area contributed by atoms with Crippen molar-refractivity contribution >= 4 is 28.3 Å². The summed E-state index contributed by atoms with van der Waals surface area (Å²) in [6, 6.07) is 9.58. The molecule has 3 aromatic rings. The number of benzene rings is 1. The lowest BCUT2D eigenvalue weighted by molar-refractivity contribution is -0.132. The van der Waals surface area contributed by atoms with Gasteiger partial charge in [-0.05, 0) is 47.4 Å². The van der Waals surface area contributed by atoms with E-state index in [0.717, 1.165) is 24.9 Å². The Bertz CT molecular complexity index is 910. The van der Waals surface area contributed by atoms with Gasteiger partial charge >= 0.3 is 5.76 Å². The number of fused-ring (bicyclic) bond motifs is 1. The van der Waals surface area contributed by atoms with E-state index in [2.05, 4.69) is 11.4 Å². The van der Waals surface area contributed by atoms with Crippen molar-refractivity contribution < 1.29 is 9.21 Å². The Balaban J connectivity index is 1.50. The highest BCUT2D eigenvalue weighted by atomic mass is 32.1. The molecule has 1 fully saturated rings. The van der Waals surface area contributed by atoms with Crippen molar-refractivity contribution in [1.82, 2.24) is 9.47 Å². The van der Waals surface area contributed by atoms with Crippen LogP contribution < -0.4 is 5.76 Å². The van der Waals surface area contributed by atoms with E-state index in [9.17, 15) is 9.59 Å². The highest BCUT2D eigenvalue weighted by Gasteiger charge is 2.29. The summed E-state index contributed by atoms with van der Waals surface area (Å²) in [5, 5.41) is 4.16. The largest absolute Gasteiger partial charge is 0.419 e. The topological polar surface area (TPSA) is 55.5 Å². The lowest BCUT2D eigenvalue weighted by atomic mass is 10.1. The number of oxazole rings is 1. The third-order valence-electron chi connectivity index (χ3n) is 4.62. The van der Waals surface area contributed by atoms with E-state index >= 15 is 0 Å². The van der Waals surface area contributed by atoms with Crippen LogP contribution in [-0.2, 0) is 11.3 Å².